The molecule has 0 radical (unpaired) electrons. The average Bonchev–Trinajstić information content (AvgIpc) is 2.99. The van der Waals surface area contributed by atoms with Gasteiger partial charge in [-0.2, -0.15) is 0 Å². The number of hydrogen-bond acceptors (Lipinski definition) is 6. The van der Waals surface area contributed by atoms with Crippen LogP contribution in [0.15, 0.2) is 28.7 Å². The third kappa shape index (κ3) is 3.39. The van der Waals surface area contributed by atoms with Crippen molar-refractivity contribution >= 4 is 6.01 Å². The molecule has 2 aromatic rings. The first-order chi connectivity index (χ1) is 10.8. The fourth-order valence-electron chi connectivity index (χ4n) is 2.82. The van der Waals surface area contributed by atoms with Crippen molar-refractivity contribution in [3.63, 3.8) is 0 Å². The Kier molecular flexibility index (Phi) is 4.58. The Hall–Kier alpha value is -2.08. The molecule has 1 atom stereocenters. The van der Waals surface area contributed by atoms with Crippen LogP contribution in [-0.4, -0.2) is 30.5 Å². The summed E-state index contributed by atoms with van der Waals surface area (Å²) >= 11 is 0. The summed E-state index contributed by atoms with van der Waals surface area (Å²) in [5, 5.41) is 11.3. The van der Waals surface area contributed by atoms with E-state index >= 15 is 0 Å². The summed E-state index contributed by atoms with van der Waals surface area (Å²) in [6.45, 7) is 3.37. The van der Waals surface area contributed by atoms with Crippen molar-refractivity contribution in [3.8, 4) is 5.75 Å². The Morgan fingerprint density at radius 1 is 1.18 bits per heavy atom. The predicted molar refractivity (Wildman–Crippen MR) is 81.9 cm³/mol. The molecule has 1 N–H and O–H groups in total. The Labute approximate surface area is 129 Å². The molecule has 0 amide bonds. The maximum atomic E-state index is 5.48. The second-order valence-corrected chi connectivity index (χ2v) is 5.47. The van der Waals surface area contributed by atoms with Crippen LogP contribution >= 0.6 is 0 Å². The molecule has 6 heteroatoms. The van der Waals surface area contributed by atoms with Gasteiger partial charge < -0.3 is 19.2 Å². The molecule has 1 aliphatic heterocycles. The summed E-state index contributed by atoms with van der Waals surface area (Å²) < 4.78 is 16.2. The first kappa shape index (κ1) is 14.8. The molecule has 2 heterocycles. The smallest absolute Gasteiger partial charge is 0.315 e. The third-order valence-corrected chi connectivity index (χ3v) is 4.02. The molecule has 22 heavy (non-hydrogen) atoms. The number of rotatable bonds is 5. The molecule has 3 rings (SSSR count). The first-order valence-electron chi connectivity index (χ1n) is 7.54. The topological polar surface area (TPSA) is 69.4 Å². The van der Waals surface area contributed by atoms with E-state index in [1.807, 2.05) is 12.1 Å². The van der Waals surface area contributed by atoms with Gasteiger partial charge in [0.15, 0.2) is 0 Å². The summed E-state index contributed by atoms with van der Waals surface area (Å²) in [5.74, 6) is 1.88. The van der Waals surface area contributed by atoms with Gasteiger partial charge >= 0.3 is 6.01 Å². The van der Waals surface area contributed by atoms with E-state index in [2.05, 4.69) is 27.6 Å². The van der Waals surface area contributed by atoms with Crippen molar-refractivity contribution in [2.24, 2.45) is 5.92 Å². The molecule has 1 fully saturated rings. The van der Waals surface area contributed by atoms with E-state index in [9.17, 15) is 0 Å². The number of hydrogen-bond donors (Lipinski definition) is 1. The number of benzene rings is 1. The normalized spacial score (nSPS) is 17.2. The third-order valence-electron chi connectivity index (χ3n) is 4.02. The van der Waals surface area contributed by atoms with E-state index in [1.54, 1.807) is 14.0 Å². The second kappa shape index (κ2) is 6.79. The summed E-state index contributed by atoms with van der Waals surface area (Å²) in [6.07, 6.45) is 2.02. The Morgan fingerprint density at radius 2 is 1.91 bits per heavy atom. The SMILES string of the molecule is COc1ccc(C(Nc2nnc(C)o2)C2CCOCC2)cc1. The van der Waals surface area contributed by atoms with Crippen molar-refractivity contribution in [3.05, 3.63) is 35.7 Å². The molecule has 0 aliphatic carbocycles. The summed E-state index contributed by atoms with van der Waals surface area (Å²) in [4.78, 5) is 0. The van der Waals surface area contributed by atoms with Crippen molar-refractivity contribution in [1.82, 2.24) is 10.2 Å². The van der Waals surface area contributed by atoms with Crippen molar-refractivity contribution in [2.75, 3.05) is 25.6 Å². The standard InChI is InChI=1S/C16H21N3O3/c1-11-18-19-16(22-11)17-15(13-7-9-21-10-8-13)12-3-5-14(20-2)6-4-12/h3-6,13,15H,7-10H2,1-2H3,(H,17,19). The van der Waals surface area contributed by atoms with Crippen LogP contribution in [0.3, 0.4) is 0 Å². The van der Waals surface area contributed by atoms with Gasteiger partial charge in [-0.05, 0) is 36.5 Å². The van der Waals surface area contributed by atoms with Gasteiger partial charge in [0, 0.05) is 20.1 Å². The Bertz CT molecular complexity index is 591. The highest BCUT2D eigenvalue weighted by atomic mass is 16.5. The molecular formula is C16H21N3O3. The monoisotopic (exact) mass is 303 g/mol. The van der Waals surface area contributed by atoms with E-state index in [0.29, 0.717) is 17.8 Å². The number of methoxy groups -OCH3 is 1. The van der Waals surface area contributed by atoms with Gasteiger partial charge in [-0.15, -0.1) is 5.10 Å². The van der Waals surface area contributed by atoms with Crippen molar-refractivity contribution in [2.45, 2.75) is 25.8 Å². The van der Waals surface area contributed by atoms with Gasteiger partial charge in [0.2, 0.25) is 5.89 Å². The van der Waals surface area contributed by atoms with Crippen LogP contribution in [0.1, 0.15) is 30.3 Å². The van der Waals surface area contributed by atoms with E-state index in [1.165, 1.54) is 5.56 Å². The van der Waals surface area contributed by atoms with Crippen molar-refractivity contribution in [1.29, 1.82) is 0 Å². The van der Waals surface area contributed by atoms with E-state index in [4.69, 9.17) is 13.9 Å². The van der Waals surface area contributed by atoms with Crippen LogP contribution < -0.4 is 10.1 Å². The first-order valence-corrected chi connectivity index (χ1v) is 7.54. The van der Waals surface area contributed by atoms with E-state index < -0.39 is 0 Å². The number of nitrogens with one attached hydrogen (secondary N) is 1. The number of aryl methyl sites for hydroxylation is 1. The van der Waals surface area contributed by atoms with Crippen LogP contribution in [0.25, 0.3) is 0 Å². The molecule has 1 aromatic carbocycles. The Morgan fingerprint density at radius 3 is 2.50 bits per heavy atom. The highest BCUT2D eigenvalue weighted by Gasteiger charge is 2.27. The molecule has 118 valence electrons. The average molecular weight is 303 g/mol. The second-order valence-electron chi connectivity index (χ2n) is 5.47. The van der Waals surface area contributed by atoms with Crippen LogP contribution in [-0.2, 0) is 4.74 Å². The minimum absolute atomic E-state index is 0.120. The quantitative estimate of drug-likeness (QED) is 0.915. The van der Waals surface area contributed by atoms with E-state index in [0.717, 1.165) is 31.8 Å². The zero-order valence-electron chi connectivity index (χ0n) is 12.9. The van der Waals surface area contributed by atoms with Crippen molar-refractivity contribution < 1.29 is 13.9 Å². The lowest BCUT2D eigenvalue weighted by Gasteiger charge is -2.30. The Balaban J connectivity index is 1.83. The number of nitrogens with zero attached hydrogens (tertiary/aromatic N) is 2. The van der Waals surface area contributed by atoms with Crippen LogP contribution in [0, 0.1) is 12.8 Å². The molecule has 0 saturated carbocycles. The lowest BCUT2D eigenvalue weighted by Crippen LogP contribution is -2.27. The van der Waals surface area contributed by atoms with Gasteiger partial charge in [0.05, 0.1) is 13.2 Å². The molecule has 6 nitrogen and oxygen atoms in total. The molecular weight excluding hydrogens is 282 g/mol. The fourth-order valence-corrected chi connectivity index (χ4v) is 2.82. The van der Waals surface area contributed by atoms with Crippen LogP contribution in [0.5, 0.6) is 5.75 Å². The number of ether oxygens (including phenoxy) is 2. The van der Waals surface area contributed by atoms with Gasteiger partial charge in [0.1, 0.15) is 5.75 Å². The summed E-state index contributed by atoms with van der Waals surface area (Å²) in [5.41, 5.74) is 1.18. The maximum absolute atomic E-state index is 5.48. The zero-order valence-corrected chi connectivity index (χ0v) is 12.9. The molecule has 1 saturated heterocycles. The van der Waals surface area contributed by atoms with Gasteiger partial charge in [0.25, 0.3) is 0 Å². The molecule has 0 bridgehead atoms. The fraction of sp³-hybridized carbons (Fsp3) is 0.500. The minimum Gasteiger partial charge on any atom is -0.497 e. The molecule has 1 aromatic heterocycles. The van der Waals surface area contributed by atoms with E-state index in [-0.39, 0.29) is 6.04 Å². The number of aromatic nitrogens is 2. The minimum atomic E-state index is 0.120. The highest BCUT2D eigenvalue weighted by molar-refractivity contribution is 5.34. The summed E-state index contributed by atoms with van der Waals surface area (Å²) in [6, 6.07) is 8.69. The molecule has 0 spiro atoms. The van der Waals surface area contributed by atoms with Gasteiger partial charge in [-0.1, -0.05) is 17.2 Å². The lowest BCUT2D eigenvalue weighted by atomic mass is 9.87. The largest absolute Gasteiger partial charge is 0.497 e. The molecule has 1 aliphatic rings. The zero-order chi connectivity index (χ0) is 15.4. The maximum Gasteiger partial charge on any atom is 0.315 e. The van der Waals surface area contributed by atoms with Gasteiger partial charge in [-0.3, -0.25) is 0 Å². The lowest BCUT2D eigenvalue weighted by molar-refractivity contribution is 0.0602. The molecule has 1 unspecified atom stereocenters. The van der Waals surface area contributed by atoms with Gasteiger partial charge in [-0.25, -0.2) is 0 Å². The number of anilines is 1. The van der Waals surface area contributed by atoms with Crippen LogP contribution in [0.4, 0.5) is 6.01 Å². The summed E-state index contributed by atoms with van der Waals surface area (Å²) in [7, 11) is 1.67. The predicted octanol–water partition coefficient (Wildman–Crippen LogP) is 2.97. The highest BCUT2D eigenvalue weighted by Crippen LogP contribution is 2.33. The van der Waals surface area contributed by atoms with Crippen LogP contribution in [0.2, 0.25) is 0 Å².